The molecule has 2 aromatic heterocycles. The van der Waals surface area contributed by atoms with Gasteiger partial charge in [0.1, 0.15) is 11.8 Å². The van der Waals surface area contributed by atoms with Crippen LogP contribution in [0.25, 0.3) is 10.9 Å². The molecule has 1 unspecified atom stereocenters. The number of hydrogen-bond donors (Lipinski definition) is 3. The number of benzene rings is 1. The first-order valence-corrected chi connectivity index (χ1v) is 8.86. The van der Waals surface area contributed by atoms with Crippen molar-refractivity contribution < 1.29 is 14.7 Å². The van der Waals surface area contributed by atoms with Crippen LogP contribution in [-0.4, -0.2) is 26.7 Å². The number of carboxylic acid groups (broad SMARTS) is 1. The van der Waals surface area contributed by atoms with Crippen LogP contribution < -0.4 is 5.48 Å². The number of aromatic nitrogens is 2. The summed E-state index contributed by atoms with van der Waals surface area (Å²) in [6, 6.07) is 11.6. The van der Waals surface area contributed by atoms with Gasteiger partial charge in [-0.3, -0.25) is 15.1 Å². The molecule has 0 saturated heterocycles. The molecule has 0 radical (unpaired) electrons. The Labute approximate surface area is 157 Å². The minimum Gasteiger partial charge on any atom is -0.481 e. The fourth-order valence-electron chi connectivity index (χ4n) is 3.03. The van der Waals surface area contributed by atoms with E-state index in [2.05, 4.69) is 16.5 Å². The largest absolute Gasteiger partial charge is 0.481 e. The van der Waals surface area contributed by atoms with Crippen molar-refractivity contribution in [3.63, 3.8) is 0 Å². The van der Waals surface area contributed by atoms with Crippen LogP contribution in [0.2, 0.25) is 0 Å². The minimum absolute atomic E-state index is 0.0735. The Balaban J connectivity index is 1.63. The summed E-state index contributed by atoms with van der Waals surface area (Å²) >= 11 is 0. The van der Waals surface area contributed by atoms with Crippen LogP contribution in [0, 0.1) is 11.3 Å². The number of carbonyl (C=O) groups is 1. The Morgan fingerprint density at radius 1 is 1.41 bits per heavy atom. The molecule has 7 nitrogen and oxygen atoms in total. The van der Waals surface area contributed by atoms with Gasteiger partial charge in [-0.2, -0.15) is 5.26 Å². The van der Waals surface area contributed by atoms with Crippen LogP contribution in [0.3, 0.4) is 0 Å². The Bertz CT molecular complexity index is 967. The second kappa shape index (κ2) is 8.43. The predicted molar refractivity (Wildman–Crippen MR) is 102 cm³/mol. The summed E-state index contributed by atoms with van der Waals surface area (Å²) < 4.78 is 1.90. The van der Waals surface area contributed by atoms with Crippen LogP contribution in [0.15, 0.2) is 42.7 Å². The molecule has 1 aromatic carbocycles. The smallest absolute Gasteiger partial charge is 0.303 e. The number of anilines is 1. The van der Waals surface area contributed by atoms with E-state index >= 15 is 0 Å². The first-order valence-electron chi connectivity index (χ1n) is 8.86. The molecule has 3 rings (SSSR count). The molecule has 0 aliphatic heterocycles. The number of aromatic amines is 1. The summed E-state index contributed by atoms with van der Waals surface area (Å²) in [4.78, 5) is 19.8. The second-order valence-electron chi connectivity index (χ2n) is 6.45. The van der Waals surface area contributed by atoms with Crippen molar-refractivity contribution in [1.29, 1.82) is 5.26 Å². The highest BCUT2D eigenvalue weighted by Crippen LogP contribution is 2.28. The molecule has 7 heteroatoms. The number of nitrogens with one attached hydrogen (secondary N) is 2. The van der Waals surface area contributed by atoms with Crippen molar-refractivity contribution in [2.45, 2.75) is 38.8 Å². The van der Waals surface area contributed by atoms with Gasteiger partial charge in [0.15, 0.2) is 0 Å². The van der Waals surface area contributed by atoms with Crippen LogP contribution in [-0.2, 0) is 22.6 Å². The highest BCUT2D eigenvalue weighted by molar-refractivity contribution is 5.94. The van der Waals surface area contributed by atoms with E-state index < -0.39 is 5.97 Å². The first-order chi connectivity index (χ1) is 13.1. The predicted octanol–water partition coefficient (Wildman–Crippen LogP) is 3.68. The van der Waals surface area contributed by atoms with Gasteiger partial charge in [-0.05, 0) is 49.6 Å². The van der Waals surface area contributed by atoms with Crippen LogP contribution in [0.1, 0.15) is 31.0 Å². The summed E-state index contributed by atoms with van der Waals surface area (Å²) in [5, 5.41) is 18.9. The number of H-pyrrole nitrogens is 1. The van der Waals surface area contributed by atoms with Gasteiger partial charge in [0.2, 0.25) is 0 Å². The Morgan fingerprint density at radius 3 is 3.04 bits per heavy atom. The van der Waals surface area contributed by atoms with Gasteiger partial charge in [-0.1, -0.05) is 6.07 Å². The molecule has 0 fully saturated rings. The van der Waals surface area contributed by atoms with Gasteiger partial charge in [0.05, 0.1) is 11.8 Å². The SMILES string of the molecule is CC(CCn1cccc1C#N)ONc1cccc2[nH]cc(CCC(=O)O)c12. The van der Waals surface area contributed by atoms with E-state index in [1.807, 2.05) is 48.1 Å². The standard InChI is InChI=1S/C20H22N4O3/c1-14(9-11-24-10-3-4-16(24)12-21)27-23-18-6-2-5-17-20(18)15(13-22-17)7-8-19(25)26/h2-6,10,13-14,22-23H,7-9,11H2,1H3,(H,25,26). The number of carboxylic acids is 1. The number of nitriles is 1. The van der Waals surface area contributed by atoms with Crippen molar-refractivity contribution >= 4 is 22.6 Å². The van der Waals surface area contributed by atoms with Crippen molar-refractivity contribution in [2.24, 2.45) is 0 Å². The molecule has 3 aromatic rings. The number of fused-ring (bicyclic) bond motifs is 1. The molecular formula is C20H22N4O3. The van der Waals surface area contributed by atoms with E-state index in [1.165, 1.54) is 0 Å². The third-order valence-corrected chi connectivity index (χ3v) is 4.49. The van der Waals surface area contributed by atoms with E-state index in [-0.39, 0.29) is 12.5 Å². The van der Waals surface area contributed by atoms with Crippen molar-refractivity contribution in [2.75, 3.05) is 5.48 Å². The molecule has 0 spiro atoms. The van der Waals surface area contributed by atoms with Crippen molar-refractivity contribution in [1.82, 2.24) is 9.55 Å². The van der Waals surface area contributed by atoms with E-state index in [4.69, 9.17) is 15.2 Å². The zero-order valence-electron chi connectivity index (χ0n) is 15.1. The zero-order valence-corrected chi connectivity index (χ0v) is 15.1. The molecule has 27 heavy (non-hydrogen) atoms. The molecule has 0 aliphatic carbocycles. The van der Waals surface area contributed by atoms with Crippen LogP contribution in [0.5, 0.6) is 0 Å². The lowest BCUT2D eigenvalue weighted by molar-refractivity contribution is -0.136. The quantitative estimate of drug-likeness (QED) is 0.501. The first kappa shape index (κ1) is 18.5. The summed E-state index contributed by atoms with van der Waals surface area (Å²) in [7, 11) is 0. The Hall–Kier alpha value is -3.24. The zero-order chi connectivity index (χ0) is 19.2. The summed E-state index contributed by atoms with van der Waals surface area (Å²) in [6.07, 6.45) is 4.93. The molecule has 0 amide bonds. The Kier molecular flexibility index (Phi) is 5.79. The fraction of sp³-hybridized carbons (Fsp3) is 0.300. The van der Waals surface area contributed by atoms with E-state index in [0.29, 0.717) is 18.7 Å². The third-order valence-electron chi connectivity index (χ3n) is 4.49. The maximum atomic E-state index is 10.9. The van der Waals surface area contributed by atoms with Gasteiger partial charge >= 0.3 is 5.97 Å². The minimum atomic E-state index is -0.818. The second-order valence-corrected chi connectivity index (χ2v) is 6.45. The lowest BCUT2D eigenvalue weighted by Crippen LogP contribution is -2.16. The van der Waals surface area contributed by atoms with Crippen molar-refractivity contribution in [3.05, 3.63) is 54.0 Å². The van der Waals surface area contributed by atoms with E-state index in [0.717, 1.165) is 28.6 Å². The highest BCUT2D eigenvalue weighted by atomic mass is 16.7. The maximum Gasteiger partial charge on any atom is 0.303 e. The number of nitrogens with zero attached hydrogens (tertiary/aromatic N) is 2. The molecule has 0 saturated carbocycles. The number of aryl methyl sites for hydroxylation is 2. The van der Waals surface area contributed by atoms with E-state index in [9.17, 15) is 4.79 Å². The average Bonchev–Trinajstić information content (AvgIpc) is 3.29. The molecule has 2 heterocycles. The third kappa shape index (κ3) is 4.49. The van der Waals surface area contributed by atoms with Gasteiger partial charge < -0.3 is 14.7 Å². The highest BCUT2D eigenvalue weighted by Gasteiger charge is 2.12. The fourth-order valence-corrected chi connectivity index (χ4v) is 3.03. The van der Waals surface area contributed by atoms with Gasteiger partial charge in [0.25, 0.3) is 0 Å². The topological polar surface area (TPSA) is 103 Å². The van der Waals surface area contributed by atoms with E-state index in [1.54, 1.807) is 6.07 Å². The summed E-state index contributed by atoms with van der Waals surface area (Å²) in [5.74, 6) is -0.818. The molecule has 3 N–H and O–H groups in total. The van der Waals surface area contributed by atoms with Crippen LogP contribution in [0.4, 0.5) is 5.69 Å². The number of aliphatic carboxylic acids is 1. The van der Waals surface area contributed by atoms with Crippen molar-refractivity contribution in [3.8, 4) is 6.07 Å². The normalized spacial score (nSPS) is 12.0. The molecule has 140 valence electrons. The van der Waals surface area contributed by atoms with Crippen LogP contribution >= 0.6 is 0 Å². The number of rotatable bonds is 9. The molecular weight excluding hydrogens is 344 g/mol. The average molecular weight is 366 g/mol. The monoisotopic (exact) mass is 366 g/mol. The van der Waals surface area contributed by atoms with Gasteiger partial charge in [0, 0.05) is 36.3 Å². The summed E-state index contributed by atoms with van der Waals surface area (Å²) in [6.45, 7) is 2.65. The summed E-state index contributed by atoms with van der Waals surface area (Å²) in [5.41, 5.74) is 6.33. The lowest BCUT2D eigenvalue weighted by Gasteiger charge is -2.16. The Morgan fingerprint density at radius 2 is 2.26 bits per heavy atom. The number of hydrogen-bond acceptors (Lipinski definition) is 4. The van der Waals surface area contributed by atoms with Gasteiger partial charge in [-0.25, -0.2) is 0 Å². The molecule has 0 bridgehead atoms. The maximum absolute atomic E-state index is 10.9. The lowest BCUT2D eigenvalue weighted by atomic mass is 10.1. The molecule has 1 atom stereocenters. The molecule has 0 aliphatic rings. The van der Waals surface area contributed by atoms with Gasteiger partial charge in [-0.15, -0.1) is 0 Å².